The Morgan fingerprint density at radius 3 is 2.50 bits per heavy atom. The lowest BCUT2D eigenvalue weighted by atomic mass is 9.93. The molecule has 0 bridgehead atoms. The van der Waals surface area contributed by atoms with Crippen LogP contribution in [-0.4, -0.2) is 26.0 Å². The van der Waals surface area contributed by atoms with Crippen LogP contribution in [0.15, 0.2) is 83.8 Å². The van der Waals surface area contributed by atoms with E-state index < -0.39 is 16.0 Å². The fourth-order valence-corrected chi connectivity index (χ4v) is 4.35. The highest BCUT2D eigenvalue weighted by atomic mass is 32.2. The Bertz CT molecular complexity index is 1230. The summed E-state index contributed by atoms with van der Waals surface area (Å²) in [5.74, 6) is -0.493. The van der Waals surface area contributed by atoms with E-state index in [0.717, 1.165) is 16.7 Å². The lowest BCUT2D eigenvalue weighted by Gasteiger charge is -2.12. The van der Waals surface area contributed by atoms with Gasteiger partial charge >= 0.3 is 5.97 Å². The Hall–Kier alpha value is -3.42. The fourth-order valence-electron chi connectivity index (χ4n) is 3.37. The zero-order valence-corrected chi connectivity index (χ0v) is 16.7. The third-order valence-corrected chi connectivity index (χ3v) is 6.28. The van der Waals surface area contributed by atoms with E-state index in [1.165, 1.54) is 18.2 Å². The van der Waals surface area contributed by atoms with Crippen LogP contribution in [-0.2, 0) is 16.6 Å². The summed E-state index contributed by atoms with van der Waals surface area (Å²) >= 11 is 0. The first-order chi connectivity index (χ1) is 14.5. The summed E-state index contributed by atoms with van der Waals surface area (Å²) in [6, 6.07) is 20.4. The zero-order chi connectivity index (χ0) is 21.1. The molecule has 152 valence electrons. The Labute approximate surface area is 174 Å². The molecule has 2 N–H and O–H groups in total. The molecular weight excluding hydrogens is 402 g/mol. The predicted molar refractivity (Wildman–Crippen MR) is 113 cm³/mol. The minimum atomic E-state index is -3.67. The topological polar surface area (TPSA) is 92.7 Å². The van der Waals surface area contributed by atoms with E-state index in [4.69, 9.17) is 4.74 Å². The van der Waals surface area contributed by atoms with Crippen LogP contribution in [0.25, 0.3) is 5.57 Å². The van der Waals surface area contributed by atoms with Gasteiger partial charge in [0.2, 0.25) is 10.0 Å². The lowest BCUT2D eigenvalue weighted by molar-refractivity contribution is 0.0696. The van der Waals surface area contributed by atoms with Crippen LogP contribution in [0.4, 0.5) is 0 Å². The van der Waals surface area contributed by atoms with Gasteiger partial charge in [-0.2, -0.15) is 0 Å². The van der Waals surface area contributed by atoms with E-state index in [-0.39, 0.29) is 17.0 Å². The average Bonchev–Trinajstić information content (AvgIpc) is 2.91. The van der Waals surface area contributed by atoms with Gasteiger partial charge < -0.3 is 9.84 Å². The smallest absolute Gasteiger partial charge is 0.335 e. The molecule has 0 fully saturated rings. The van der Waals surface area contributed by atoms with Crippen molar-refractivity contribution in [2.75, 3.05) is 6.54 Å². The molecule has 0 amide bonds. The van der Waals surface area contributed by atoms with Gasteiger partial charge in [-0.25, -0.2) is 17.9 Å². The summed E-state index contributed by atoms with van der Waals surface area (Å²) in [4.78, 5) is 11.7. The van der Waals surface area contributed by atoms with Crippen LogP contribution in [0.5, 0.6) is 5.75 Å². The third kappa shape index (κ3) is 3.98. The minimum absolute atomic E-state index is 0.0393. The van der Waals surface area contributed by atoms with Crippen LogP contribution in [0.2, 0.25) is 0 Å². The molecule has 0 radical (unpaired) electrons. The second kappa shape index (κ2) is 8.14. The quantitative estimate of drug-likeness (QED) is 0.656. The normalized spacial score (nSPS) is 14.3. The molecule has 30 heavy (non-hydrogen) atoms. The standard InChI is InChI=1S/C23H19NO5S/c25-23(26)16-10-11-22-21(14-16)20(19-9-5-4-6-17(19)15-29-22)12-13-24-30(27,28)18-7-2-1-3-8-18/h1-12,14,24H,13,15H2,(H,25,26)/b20-12-. The molecule has 0 spiro atoms. The number of carboxylic acid groups (broad SMARTS) is 1. The largest absolute Gasteiger partial charge is 0.488 e. The van der Waals surface area contributed by atoms with Gasteiger partial charge in [0.25, 0.3) is 0 Å². The Balaban J connectivity index is 1.74. The highest BCUT2D eigenvalue weighted by Crippen LogP contribution is 2.37. The van der Waals surface area contributed by atoms with Crippen molar-refractivity contribution >= 4 is 21.6 Å². The first-order valence-electron chi connectivity index (χ1n) is 9.29. The molecule has 0 unspecified atom stereocenters. The Morgan fingerprint density at radius 2 is 1.73 bits per heavy atom. The molecule has 0 saturated heterocycles. The number of hydrogen-bond donors (Lipinski definition) is 2. The fraction of sp³-hybridized carbons (Fsp3) is 0.0870. The van der Waals surface area contributed by atoms with Gasteiger partial charge in [-0.1, -0.05) is 48.5 Å². The van der Waals surface area contributed by atoms with Crippen molar-refractivity contribution in [2.24, 2.45) is 0 Å². The molecule has 3 aromatic rings. The maximum absolute atomic E-state index is 12.5. The van der Waals surface area contributed by atoms with Crippen molar-refractivity contribution in [1.82, 2.24) is 4.72 Å². The summed E-state index contributed by atoms with van der Waals surface area (Å²) in [5.41, 5.74) is 3.27. The summed E-state index contributed by atoms with van der Waals surface area (Å²) in [6.45, 7) is 0.375. The van der Waals surface area contributed by atoms with E-state index in [2.05, 4.69) is 4.72 Å². The Kier molecular flexibility index (Phi) is 5.39. The van der Waals surface area contributed by atoms with E-state index >= 15 is 0 Å². The second-order valence-electron chi connectivity index (χ2n) is 6.74. The summed E-state index contributed by atoms with van der Waals surface area (Å²) in [6.07, 6.45) is 1.75. The van der Waals surface area contributed by atoms with Crippen molar-refractivity contribution in [3.8, 4) is 5.75 Å². The monoisotopic (exact) mass is 421 g/mol. The van der Waals surface area contributed by atoms with Gasteiger partial charge in [0.1, 0.15) is 12.4 Å². The number of carbonyl (C=O) groups is 1. The molecule has 0 atom stereocenters. The van der Waals surface area contributed by atoms with Crippen LogP contribution in [0.3, 0.4) is 0 Å². The highest BCUT2D eigenvalue weighted by molar-refractivity contribution is 7.89. The maximum Gasteiger partial charge on any atom is 0.335 e. The van der Waals surface area contributed by atoms with Gasteiger partial charge in [-0.3, -0.25) is 0 Å². The van der Waals surface area contributed by atoms with Gasteiger partial charge in [-0.05, 0) is 47.0 Å². The van der Waals surface area contributed by atoms with Crippen molar-refractivity contribution < 1.29 is 23.1 Å². The molecule has 1 aliphatic rings. The molecule has 3 aromatic carbocycles. The first kappa shape index (κ1) is 19.9. The van der Waals surface area contributed by atoms with Crippen molar-refractivity contribution in [3.05, 3.63) is 101 Å². The minimum Gasteiger partial charge on any atom is -0.488 e. The molecule has 1 aliphatic heterocycles. The number of ether oxygens (including phenoxy) is 1. The SMILES string of the molecule is O=C(O)c1ccc2c(c1)/C(=C\CNS(=O)(=O)c1ccccc1)c1ccccc1CO2. The number of fused-ring (bicyclic) bond motifs is 2. The van der Waals surface area contributed by atoms with Crippen molar-refractivity contribution in [3.63, 3.8) is 0 Å². The predicted octanol–water partition coefficient (Wildman–Crippen LogP) is 3.69. The maximum atomic E-state index is 12.5. The van der Waals surface area contributed by atoms with E-state index in [9.17, 15) is 18.3 Å². The number of nitrogens with one attached hydrogen (secondary N) is 1. The molecule has 6 nitrogen and oxygen atoms in total. The number of sulfonamides is 1. The number of benzene rings is 3. The summed E-state index contributed by atoms with van der Waals surface area (Å²) in [7, 11) is -3.67. The van der Waals surface area contributed by atoms with Gasteiger partial charge in [0.05, 0.1) is 10.5 Å². The molecular formula is C23H19NO5S. The van der Waals surface area contributed by atoms with Crippen LogP contribution in [0.1, 0.15) is 27.0 Å². The number of rotatable bonds is 5. The molecule has 0 aromatic heterocycles. The van der Waals surface area contributed by atoms with Crippen LogP contribution < -0.4 is 9.46 Å². The number of hydrogen-bond acceptors (Lipinski definition) is 4. The van der Waals surface area contributed by atoms with E-state index in [1.807, 2.05) is 24.3 Å². The van der Waals surface area contributed by atoms with Crippen LogP contribution in [0, 0.1) is 0 Å². The van der Waals surface area contributed by atoms with E-state index in [1.54, 1.807) is 36.4 Å². The number of aromatic carboxylic acids is 1. The van der Waals surface area contributed by atoms with Crippen molar-refractivity contribution in [1.29, 1.82) is 0 Å². The Morgan fingerprint density at radius 1 is 1.00 bits per heavy atom. The number of carboxylic acids is 1. The molecule has 1 heterocycles. The molecule has 0 saturated carbocycles. The third-order valence-electron chi connectivity index (χ3n) is 4.84. The van der Waals surface area contributed by atoms with E-state index in [0.29, 0.717) is 17.9 Å². The first-order valence-corrected chi connectivity index (χ1v) is 10.8. The van der Waals surface area contributed by atoms with Gasteiger partial charge in [-0.15, -0.1) is 0 Å². The van der Waals surface area contributed by atoms with Gasteiger partial charge in [0, 0.05) is 12.1 Å². The molecule has 0 aliphatic carbocycles. The second-order valence-corrected chi connectivity index (χ2v) is 8.51. The summed E-state index contributed by atoms with van der Waals surface area (Å²) < 4.78 is 33.5. The zero-order valence-electron chi connectivity index (χ0n) is 15.9. The lowest BCUT2D eigenvalue weighted by Crippen LogP contribution is -2.24. The molecule has 4 rings (SSSR count). The average molecular weight is 421 g/mol. The molecule has 7 heteroatoms. The van der Waals surface area contributed by atoms with Crippen molar-refractivity contribution in [2.45, 2.75) is 11.5 Å². The van der Waals surface area contributed by atoms with Gasteiger partial charge in [0.15, 0.2) is 0 Å². The highest BCUT2D eigenvalue weighted by Gasteiger charge is 2.21. The summed E-state index contributed by atoms with van der Waals surface area (Å²) in [5, 5.41) is 9.40. The van der Waals surface area contributed by atoms with Crippen LogP contribution >= 0.6 is 0 Å².